The summed E-state index contributed by atoms with van der Waals surface area (Å²) in [4.78, 5) is 26.1. The third kappa shape index (κ3) is 4.48. The molecule has 1 aliphatic rings. The molecule has 2 aromatic rings. The van der Waals surface area contributed by atoms with E-state index in [0.29, 0.717) is 38.2 Å². The number of aliphatic hydroxyl groups excluding tert-OH is 1. The molecule has 3 N–H and O–H groups in total. The monoisotopic (exact) mass is 383 g/mol. The number of nitrogens with zero attached hydrogens (tertiary/aromatic N) is 4. The Hall–Kier alpha value is -2.51. The van der Waals surface area contributed by atoms with Crippen molar-refractivity contribution in [1.29, 1.82) is 0 Å². The smallest absolute Gasteiger partial charge is 0.239 e. The lowest BCUT2D eigenvalue weighted by atomic mass is 10.0. The minimum Gasteiger partial charge on any atom is -0.396 e. The van der Waals surface area contributed by atoms with E-state index in [1.807, 2.05) is 49.3 Å². The van der Waals surface area contributed by atoms with E-state index in [2.05, 4.69) is 0 Å². The van der Waals surface area contributed by atoms with Gasteiger partial charge < -0.3 is 20.6 Å². The van der Waals surface area contributed by atoms with Gasteiger partial charge in [0.15, 0.2) is 5.82 Å². The summed E-state index contributed by atoms with van der Waals surface area (Å²) in [6.07, 6.45) is 2.72. The van der Waals surface area contributed by atoms with Crippen LogP contribution in [0.4, 0.5) is 5.82 Å². The van der Waals surface area contributed by atoms with Gasteiger partial charge in [0.1, 0.15) is 5.82 Å². The third-order valence-corrected chi connectivity index (χ3v) is 5.05. The average Bonchev–Trinajstić information content (AvgIpc) is 2.72. The largest absolute Gasteiger partial charge is 0.396 e. The minimum atomic E-state index is -0.531. The van der Waals surface area contributed by atoms with Gasteiger partial charge in [-0.1, -0.05) is 30.3 Å². The minimum absolute atomic E-state index is 0.0464. The van der Waals surface area contributed by atoms with Gasteiger partial charge in [-0.05, 0) is 25.7 Å². The van der Waals surface area contributed by atoms with E-state index in [1.54, 1.807) is 4.90 Å². The number of hydrogen-bond acceptors (Lipinski definition) is 6. The van der Waals surface area contributed by atoms with E-state index < -0.39 is 6.04 Å². The molecule has 7 nitrogen and oxygen atoms in total. The van der Waals surface area contributed by atoms with Crippen LogP contribution in [-0.4, -0.2) is 59.2 Å². The lowest BCUT2D eigenvalue weighted by Gasteiger charge is -2.32. The Bertz CT molecular complexity index is 810. The van der Waals surface area contributed by atoms with Crippen LogP contribution in [0.2, 0.25) is 0 Å². The van der Waals surface area contributed by atoms with Crippen molar-refractivity contribution < 1.29 is 9.90 Å². The van der Waals surface area contributed by atoms with E-state index in [9.17, 15) is 4.79 Å². The molecule has 3 rings (SSSR count). The maximum atomic E-state index is 12.8. The molecule has 28 heavy (non-hydrogen) atoms. The molecule has 0 saturated heterocycles. The lowest BCUT2D eigenvalue weighted by molar-refractivity contribution is -0.133. The molecule has 1 atom stereocenters. The molecule has 7 heteroatoms. The Kier molecular flexibility index (Phi) is 6.59. The van der Waals surface area contributed by atoms with E-state index in [1.165, 1.54) is 0 Å². The van der Waals surface area contributed by atoms with E-state index in [4.69, 9.17) is 20.8 Å². The third-order valence-electron chi connectivity index (χ3n) is 5.05. The van der Waals surface area contributed by atoms with Crippen molar-refractivity contribution in [3.05, 3.63) is 41.6 Å². The van der Waals surface area contributed by atoms with Crippen molar-refractivity contribution >= 4 is 11.7 Å². The highest BCUT2D eigenvalue weighted by Gasteiger charge is 2.28. The summed E-state index contributed by atoms with van der Waals surface area (Å²) in [7, 11) is 3.96. The summed E-state index contributed by atoms with van der Waals surface area (Å²) < 4.78 is 0. The van der Waals surface area contributed by atoms with Crippen LogP contribution >= 0.6 is 0 Å². The highest BCUT2D eigenvalue weighted by atomic mass is 16.2. The zero-order chi connectivity index (χ0) is 20.1. The van der Waals surface area contributed by atoms with Crippen molar-refractivity contribution in [1.82, 2.24) is 14.9 Å². The number of aliphatic hydroxyl groups is 1. The standard InChI is InChI=1S/C21H29N5O2/c1-25(2)20-16-11-12-26(21(28)17(22)10-6-7-13-27)14-18(16)23-19(24-20)15-8-4-3-5-9-15/h3-5,8-9,17,27H,6-7,10-14,22H2,1-2H3/t17-/m0/s1. The molecule has 0 bridgehead atoms. The Morgan fingerprint density at radius 2 is 2.00 bits per heavy atom. The van der Waals surface area contributed by atoms with Crippen LogP contribution in [0.5, 0.6) is 0 Å². The molecule has 1 aliphatic heterocycles. The highest BCUT2D eigenvalue weighted by molar-refractivity contribution is 5.82. The second kappa shape index (κ2) is 9.12. The van der Waals surface area contributed by atoms with Gasteiger partial charge in [-0.2, -0.15) is 0 Å². The first-order valence-electron chi connectivity index (χ1n) is 9.79. The van der Waals surface area contributed by atoms with Crippen LogP contribution in [0.1, 0.15) is 30.5 Å². The number of aromatic nitrogens is 2. The van der Waals surface area contributed by atoms with Gasteiger partial charge in [-0.3, -0.25) is 4.79 Å². The van der Waals surface area contributed by atoms with E-state index in [0.717, 1.165) is 29.1 Å². The molecule has 0 spiro atoms. The normalized spacial score (nSPS) is 14.5. The van der Waals surface area contributed by atoms with Crippen molar-refractivity contribution in [2.45, 2.75) is 38.3 Å². The molecule has 1 amide bonds. The van der Waals surface area contributed by atoms with Crippen LogP contribution < -0.4 is 10.6 Å². The summed E-state index contributed by atoms with van der Waals surface area (Å²) in [5.74, 6) is 1.53. The molecular weight excluding hydrogens is 354 g/mol. The van der Waals surface area contributed by atoms with Crippen LogP contribution in [0.25, 0.3) is 11.4 Å². The Labute approximate surface area is 166 Å². The summed E-state index contributed by atoms with van der Waals surface area (Å²) in [5.41, 5.74) is 9.04. The van der Waals surface area contributed by atoms with Gasteiger partial charge in [-0.25, -0.2) is 9.97 Å². The fraction of sp³-hybridized carbons (Fsp3) is 0.476. The second-order valence-corrected chi connectivity index (χ2v) is 7.39. The van der Waals surface area contributed by atoms with Crippen LogP contribution in [0, 0.1) is 0 Å². The summed E-state index contributed by atoms with van der Waals surface area (Å²) in [6, 6.07) is 9.35. The average molecular weight is 383 g/mol. The number of nitrogens with two attached hydrogens (primary N) is 1. The number of unbranched alkanes of at least 4 members (excludes halogenated alkanes) is 1. The molecule has 0 unspecified atom stereocenters. The fourth-order valence-corrected chi connectivity index (χ4v) is 3.52. The quantitative estimate of drug-likeness (QED) is 0.705. The SMILES string of the molecule is CN(C)c1nc(-c2ccccc2)nc2c1CCN(C(=O)[C@@H](N)CCCCO)C2. The van der Waals surface area contributed by atoms with E-state index >= 15 is 0 Å². The number of benzene rings is 1. The molecule has 0 saturated carbocycles. The molecule has 2 heterocycles. The van der Waals surface area contributed by atoms with Gasteiger partial charge in [-0.15, -0.1) is 0 Å². The van der Waals surface area contributed by atoms with Gasteiger partial charge >= 0.3 is 0 Å². The lowest BCUT2D eigenvalue weighted by Crippen LogP contribution is -2.46. The first kappa shape index (κ1) is 20.2. The van der Waals surface area contributed by atoms with Crippen molar-refractivity contribution in [3.8, 4) is 11.4 Å². The number of carbonyl (C=O) groups excluding carboxylic acids is 1. The predicted molar refractivity (Wildman–Crippen MR) is 110 cm³/mol. The molecule has 150 valence electrons. The first-order chi connectivity index (χ1) is 13.5. The van der Waals surface area contributed by atoms with Gasteiger partial charge in [0.25, 0.3) is 0 Å². The summed E-state index contributed by atoms with van der Waals surface area (Å²) in [5, 5.41) is 8.91. The van der Waals surface area contributed by atoms with Crippen LogP contribution in [-0.2, 0) is 17.8 Å². The number of fused-ring (bicyclic) bond motifs is 1. The van der Waals surface area contributed by atoms with Crippen LogP contribution in [0.15, 0.2) is 30.3 Å². The summed E-state index contributed by atoms with van der Waals surface area (Å²) >= 11 is 0. The zero-order valence-electron chi connectivity index (χ0n) is 16.6. The number of hydrogen-bond donors (Lipinski definition) is 2. The van der Waals surface area contributed by atoms with E-state index in [-0.39, 0.29) is 12.5 Å². The molecule has 0 fully saturated rings. The molecule has 1 aromatic heterocycles. The predicted octanol–water partition coefficient (Wildman–Crippen LogP) is 1.58. The zero-order valence-corrected chi connectivity index (χ0v) is 16.6. The Balaban J connectivity index is 1.85. The summed E-state index contributed by atoms with van der Waals surface area (Å²) in [6.45, 7) is 1.20. The second-order valence-electron chi connectivity index (χ2n) is 7.39. The van der Waals surface area contributed by atoms with Gasteiger partial charge in [0, 0.05) is 38.4 Å². The fourth-order valence-electron chi connectivity index (χ4n) is 3.52. The molecular formula is C21H29N5O2. The van der Waals surface area contributed by atoms with Crippen LogP contribution in [0.3, 0.4) is 0 Å². The maximum absolute atomic E-state index is 12.8. The van der Waals surface area contributed by atoms with Crippen molar-refractivity contribution in [2.24, 2.45) is 5.73 Å². The molecule has 0 aliphatic carbocycles. The number of rotatable bonds is 7. The van der Waals surface area contributed by atoms with Crippen molar-refractivity contribution in [3.63, 3.8) is 0 Å². The number of carbonyl (C=O) groups is 1. The van der Waals surface area contributed by atoms with Gasteiger partial charge in [0.05, 0.1) is 18.3 Å². The van der Waals surface area contributed by atoms with Crippen molar-refractivity contribution in [2.75, 3.05) is 32.1 Å². The number of amides is 1. The molecule has 0 radical (unpaired) electrons. The van der Waals surface area contributed by atoms with Gasteiger partial charge in [0.2, 0.25) is 5.91 Å². The molecule has 1 aromatic carbocycles. The Morgan fingerprint density at radius 3 is 2.68 bits per heavy atom. The highest BCUT2D eigenvalue weighted by Crippen LogP contribution is 2.28. The maximum Gasteiger partial charge on any atom is 0.239 e. The Morgan fingerprint density at radius 1 is 1.25 bits per heavy atom. The topological polar surface area (TPSA) is 95.6 Å². The first-order valence-corrected chi connectivity index (χ1v) is 9.79. The number of anilines is 1.